The van der Waals surface area contributed by atoms with Crippen molar-refractivity contribution in [3.05, 3.63) is 77.4 Å². The van der Waals surface area contributed by atoms with E-state index in [4.69, 9.17) is 4.74 Å². The number of ether oxygens (including phenoxy) is 1. The Hall–Kier alpha value is -2.98. The molecule has 0 aliphatic carbocycles. The Kier molecular flexibility index (Phi) is 4.27. The molecular weight excluding hydrogens is 328 g/mol. The Morgan fingerprint density at radius 2 is 1.76 bits per heavy atom. The van der Waals surface area contributed by atoms with Crippen molar-refractivity contribution in [2.24, 2.45) is 0 Å². The highest BCUT2D eigenvalue weighted by Gasteiger charge is 2.04. The van der Waals surface area contributed by atoms with E-state index in [1.54, 1.807) is 18.4 Å². The molecule has 0 radical (unpaired) electrons. The fraction of sp³-hybridized carbons (Fsp3) is 0.0476. The fourth-order valence-electron chi connectivity index (χ4n) is 2.60. The Morgan fingerprint density at radius 1 is 0.880 bits per heavy atom. The van der Waals surface area contributed by atoms with Gasteiger partial charge in [0.2, 0.25) is 0 Å². The number of fused-ring (bicyclic) bond motifs is 1. The summed E-state index contributed by atoms with van der Waals surface area (Å²) in [5.41, 5.74) is 3.92. The van der Waals surface area contributed by atoms with Crippen molar-refractivity contribution in [2.75, 3.05) is 7.11 Å². The van der Waals surface area contributed by atoms with Gasteiger partial charge in [0.1, 0.15) is 10.8 Å². The molecule has 4 aromatic rings. The fourth-order valence-corrected chi connectivity index (χ4v) is 3.38. The number of hydrogen-bond acceptors (Lipinski definition) is 4. The van der Waals surface area contributed by atoms with Gasteiger partial charge in [-0.3, -0.25) is 0 Å². The Labute approximate surface area is 150 Å². The van der Waals surface area contributed by atoms with Crippen molar-refractivity contribution in [1.82, 2.24) is 9.97 Å². The summed E-state index contributed by atoms with van der Waals surface area (Å²) in [4.78, 5) is 9.33. The van der Waals surface area contributed by atoms with Gasteiger partial charge < -0.3 is 4.74 Å². The second kappa shape index (κ2) is 6.87. The van der Waals surface area contributed by atoms with Gasteiger partial charge in [-0.05, 0) is 36.4 Å². The molecule has 0 spiro atoms. The van der Waals surface area contributed by atoms with Crippen LogP contribution in [0.5, 0.6) is 5.75 Å². The van der Waals surface area contributed by atoms with Crippen molar-refractivity contribution in [1.29, 1.82) is 0 Å². The van der Waals surface area contributed by atoms with Crippen LogP contribution in [0.1, 0.15) is 11.4 Å². The lowest BCUT2D eigenvalue weighted by molar-refractivity contribution is 0.415. The first-order valence-corrected chi connectivity index (χ1v) is 8.84. The molecule has 0 saturated heterocycles. The highest BCUT2D eigenvalue weighted by molar-refractivity contribution is 7.13. The third-order valence-electron chi connectivity index (χ3n) is 3.88. The highest BCUT2D eigenvalue weighted by Crippen LogP contribution is 2.27. The molecule has 4 rings (SSSR count). The van der Waals surface area contributed by atoms with Crippen LogP contribution in [0.25, 0.3) is 33.6 Å². The molecule has 0 amide bonds. The van der Waals surface area contributed by atoms with Crippen LogP contribution in [0, 0.1) is 0 Å². The summed E-state index contributed by atoms with van der Waals surface area (Å²) in [5.74, 6) is 0.838. The zero-order valence-corrected chi connectivity index (χ0v) is 14.5. The number of methoxy groups -OCH3 is 1. The third kappa shape index (κ3) is 3.44. The second-order valence-electron chi connectivity index (χ2n) is 5.57. The van der Waals surface area contributed by atoms with Gasteiger partial charge in [-0.2, -0.15) is 0 Å². The topological polar surface area (TPSA) is 35.0 Å². The minimum absolute atomic E-state index is 0.838. The molecular formula is C21H16N2OS. The van der Waals surface area contributed by atoms with E-state index in [1.807, 2.05) is 66.1 Å². The summed E-state index contributed by atoms with van der Waals surface area (Å²) in [7, 11) is 1.67. The van der Waals surface area contributed by atoms with E-state index in [9.17, 15) is 0 Å². The number of pyridine rings is 1. The number of aromatic nitrogens is 2. The quantitative estimate of drug-likeness (QED) is 0.488. The minimum Gasteiger partial charge on any atom is -0.497 e. The molecule has 0 aliphatic rings. The lowest BCUT2D eigenvalue weighted by Crippen LogP contribution is -1.84. The van der Waals surface area contributed by atoms with Crippen molar-refractivity contribution in [3.8, 4) is 16.3 Å². The van der Waals surface area contributed by atoms with Crippen LogP contribution in [0.15, 0.2) is 66.0 Å². The number of para-hydroxylation sites is 1. The Morgan fingerprint density at radius 3 is 2.68 bits per heavy atom. The Bertz CT molecular complexity index is 1050. The van der Waals surface area contributed by atoms with Crippen molar-refractivity contribution in [3.63, 3.8) is 0 Å². The number of nitrogens with zero attached hydrogens (tertiary/aromatic N) is 2. The molecule has 3 nitrogen and oxygen atoms in total. The first kappa shape index (κ1) is 15.5. The third-order valence-corrected chi connectivity index (χ3v) is 4.79. The van der Waals surface area contributed by atoms with Crippen molar-refractivity contribution >= 4 is 34.4 Å². The van der Waals surface area contributed by atoms with Gasteiger partial charge in [-0.25, -0.2) is 9.97 Å². The molecule has 122 valence electrons. The average Bonchev–Trinajstić information content (AvgIpc) is 3.15. The summed E-state index contributed by atoms with van der Waals surface area (Å²) in [6, 6.07) is 20.2. The van der Waals surface area contributed by atoms with Crippen LogP contribution >= 0.6 is 11.3 Å². The normalized spacial score (nSPS) is 11.2. The molecule has 0 fully saturated rings. The van der Waals surface area contributed by atoms with E-state index in [2.05, 4.69) is 22.1 Å². The van der Waals surface area contributed by atoms with Gasteiger partial charge >= 0.3 is 0 Å². The molecule has 4 heteroatoms. The van der Waals surface area contributed by atoms with E-state index >= 15 is 0 Å². The highest BCUT2D eigenvalue weighted by atomic mass is 32.1. The maximum Gasteiger partial charge on any atom is 0.124 e. The van der Waals surface area contributed by atoms with E-state index < -0.39 is 0 Å². The largest absolute Gasteiger partial charge is 0.497 e. The molecule has 0 saturated carbocycles. The van der Waals surface area contributed by atoms with E-state index in [-0.39, 0.29) is 0 Å². The average molecular weight is 344 g/mol. The number of rotatable bonds is 4. The smallest absolute Gasteiger partial charge is 0.124 e. The van der Waals surface area contributed by atoms with Crippen LogP contribution in [-0.2, 0) is 0 Å². The summed E-state index contributed by atoms with van der Waals surface area (Å²) in [5, 5.41) is 4.17. The monoisotopic (exact) mass is 344 g/mol. The van der Waals surface area contributed by atoms with Crippen LogP contribution < -0.4 is 4.74 Å². The first-order valence-electron chi connectivity index (χ1n) is 7.96. The van der Waals surface area contributed by atoms with Crippen LogP contribution in [-0.4, -0.2) is 17.1 Å². The number of hydrogen-bond donors (Lipinski definition) is 0. The van der Waals surface area contributed by atoms with Gasteiger partial charge in [0.25, 0.3) is 0 Å². The lowest BCUT2D eigenvalue weighted by atomic mass is 10.2. The molecule has 0 atom stereocenters. The zero-order valence-electron chi connectivity index (χ0n) is 13.7. The van der Waals surface area contributed by atoms with Crippen LogP contribution in [0.2, 0.25) is 0 Å². The first-order chi connectivity index (χ1) is 12.3. The van der Waals surface area contributed by atoms with Gasteiger partial charge in [-0.15, -0.1) is 11.3 Å². The predicted molar refractivity (Wildman–Crippen MR) is 105 cm³/mol. The van der Waals surface area contributed by atoms with Gasteiger partial charge in [0.15, 0.2) is 0 Å². The number of thiazole rings is 1. The molecule has 2 heterocycles. The van der Waals surface area contributed by atoms with Crippen molar-refractivity contribution < 1.29 is 4.74 Å². The number of benzene rings is 2. The molecule has 2 aromatic carbocycles. The maximum atomic E-state index is 5.28. The maximum absolute atomic E-state index is 5.28. The predicted octanol–water partition coefficient (Wildman–Crippen LogP) is 5.54. The standard InChI is InChI=1S/C21H16N2OS/c1-24-19-7-4-6-16(13-19)21-23-18(14-25-21)12-11-17-10-9-15-5-2-3-8-20(15)22-17/h2-14H,1H3/b12-11+. The second-order valence-corrected chi connectivity index (χ2v) is 6.43. The van der Waals surface area contributed by atoms with E-state index in [0.29, 0.717) is 0 Å². The SMILES string of the molecule is COc1cccc(-c2nc(/C=C/c3ccc4ccccc4n3)cs2)c1. The van der Waals surface area contributed by atoms with Gasteiger partial charge in [0.05, 0.1) is 24.0 Å². The molecule has 0 aliphatic heterocycles. The summed E-state index contributed by atoms with van der Waals surface area (Å²) in [6.07, 6.45) is 3.99. The molecule has 0 N–H and O–H groups in total. The summed E-state index contributed by atoms with van der Waals surface area (Å²) >= 11 is 1.62. The molecule has 0 unspecified atom stereocenters. The molecule has 2 aromatic heterocycles. The van der Waals surface area contributed by atoms with E-state index in [0.717, 1.165) is 38.6 Å². The lowest BCUT2D eigenvalue weighted by Gasteiger charge is -2.01. The summed E-state index contributed by atoms with van der Waals surface area (Å²) in [6.45, 7) is 0. The van der Waals surface area contributed by atoms with Crippen molar-refractivity contribution in [2.45, 2.75) is 0 Å². The van der Waals surface area contributed by atoms with Crippen LogP contribution in [0.4, 0.5) is 0 Å². The minimum atomic E-state index is 0.838. The Balaban J connectivity index is 1.58. The van der Waals surface area contributed by atoms with Crippen LogP contribution in [0.3, 0.4) is 0 Å². The van der Waals surface area contributed by atoms with Gasteiger partial charge in [-0.1, -0.05) is 36.4 Å². The van der Waals surface area contributed by atoms with Gasteiger partial charge in [0, 0.05) is 16.3 Å². The molecule has 25 heavy (non-hydrogen) atoms. The zero-order chi connectivity index (χ0) is 17.1. The van der Waals surface area contributed by atoms with E-state index in [1.165, 1.54) is 0 Å². The summed E-state index contributed by atoms with van der Waals surface area (Å²) < 4.78 is 5.28. The molecule has 0 bridgehead atoms.